The maximum absolute atomic E-state index is 5.80. The van der Waals surface area contributed by atoms with E-state index in [9.17, 15) is 0 Å². The minimum Gasteiger partial charge on any atom is -0.484 e. The smallest absolute Gasteiger partial charge is 0.196 e. The van der Waals surface area contributed by atoms with Crippen molar-refractivity contribution in [2.75, 3.05) is 0 Å². The molecule has 0 saturated heterocycles. The van der Waals surface area contributed by atoms with Gasteiger partial charge in [0.05, 0.1) is 0 Å². The predicted molar refractivity (Wildman–Crippen MR) is 61.1 cm³/mol. The lowest BCUT2D eigenvalue weighted by atomic mass is 10.2. The Morgan fingerprint density at radius 1 is 1.40 bits per heavy atom. The maximum atomic E-state index is 5.80. The van der Waals surface area contributed by atoms with E-state index < -0.39 is 0 Å². The summed E-state index contributed by atoms with van der Waals surface area (Å²) >= 11 is 3.34. The van der Waals surface area contributed by atoms with E-state index in [4.69, 9.17) is 4.74 Å². The third kappa shape index (κ3) is 2.28. The second-order valence-corrected chi connectivity index (χ2v) is 5.05. The molecule has 80 valence electrons. The molecule has 0 radical (unpaired) electrons. The lowest BCUT2D eigenvalue weighted by Crippen LogP contribution is -2.23. The number of hydrogen-bond donors (Lipinski definition) is 0. The molecule has 0 aliphatic rings. The van der Waals surface area contributed by atoms with Crippen LogP contribution in [0.15, 0.2) is 23.1 Å². The second-order valence-electron chi connectivity index (χ2n) is 4.24. The summed E-state index contributed by atoms with van der Waals surface area (Å²) in [7, 11) is 0. The standard InChI is InChI=1S/C10H12BrN3O/c1-10(2,3)15-7-6-8(11)13-14-5-4-12-9(7)14/h4-6H,1-3H3. The van der Waals surface area contributed by atoms with Gasteiger partial charge in [0.2, 0.25) is 0 Å². The van der Waals surface area contributed by atoms with Crippen molar-refractivity contribution < 1.29 is 4.74 Å². The molecule has 0 amide bonds. The van der Waals surface area contributed by atoms with Crippen molar-refractivity contribution in [3.63, 3.8) is 0 Å². The predicted octanol–water partition coefficient (Wildman–Crippen LogP) is 2.67. The summed E-state index contributed by atoms with van der Waals surface area (Å²) in [6.07, 6.45) is 3.49. The third-order valence-corrected chi connectivity index (χ3v) is 2.10. The Kier molecular flexibility index (Phi) is 2.42. The third-order valence-electron chi connectivity index (χ3n) is 1.71. The first-order valence-corrected chi connectivity index (χ1v) is 5.44. The topological polar surface area (TPSA) is 39.4 Å². The molecule has 0 N–H and O–H groups in total. The monoisotopic (exact) mass is 269 g/mol. The van der Waals surface area contributed by atoms with Crippen molar-refractivity contribution in [1.29, 1.82) is 0 Å². The zero-order valence-electron chi connectivity index (χ0n) is 8.86. The van der Waals surface area contributed by atoms with Crippen LogP contribution < -0.4 is 4.74 Å². The highest BCUT2D eigenvalue weighted by Crippen LogP contribution is 2.25. The van der Waals surface area contributed by atoms with Crippen LogP contribution in [-0.4, -0.2) is 20.2 Å². The average Bonchev–Trinajstić information content (AvgIpc) is 2.48. The molecule has 4 nitrogen and oxygen atoms in total. The van der Waals surface area contributed by atoms with Gasteiger partial charge in [0.15, 0.2) is 11.4 Å². The first-order valence-electron chi connectivity index (χ1n) is 4.65. The number of ether oxygens (including phenoxy) is 1. The molecule has 0 aliphatic carbocycles. The highest BCUT2D eigenvalue weighted by atomic mass is 79.9. The van der Waals surface area contributed by atoms with E-state index in [0.717, 1.165) is 16.0 Å². The molecule has 0 fully saturated rings. The molecule has 2 rings (SSSR count). The quantitative estimate of drug-likeness (QED) is 0.799. The fraction of sp³-hybridized carbons (Fsp3) is 0.400. The minimum atomic E-state index is -0.243. The van der Waals surface area contributed by atoms with E-state index in [0.29, 0.717) is 0 Å². The largest absolute Gasteiger partial charge is 0.484 e. The summed E-state index contributed by atoms with van der Waals surface area (Å²) in [5.41, 5.74) is 0.487. The molecule has 2 aromatic rings. The lowest BCUT2D eigenvalue weighted by molar-refractivity contribution is 0.132. The van der Waals surface area contributed by atoms with Gasteiger partial charge in [-0.1, -0.05) is 0 Å². The van der Waals surface area contributed by atoms with Crippen molar-refractivity contribution in [2.45, 2.75) is 26.4 Å². The highest BCUT2D eigenvalue weighted by molar-refractivity contribution is 9.10. The van der Waals surface area contributed by atoms with Gasteiger partial charge in [-0.2, -0.15) is 5.10 Å². The van der Waals surface area contributed by atoms with Gasteiger partial charge in [0, 0.05) is 18.5 Å². The van der Waals surface area contributed by atoms with Crippen LogP contribution in [0.2, 0.25) is 0 Å². The van der Waals surface area contributed by atoms with Crippen LogP contribution in [-0.2, 0) is 0 Å². The average molecular weight is 270 g/mol. The van der Waals surface area contributed by atoms with Gasteiger partial charge in [-0.3, -0.25) is 0 Å². The van der Waals surface area contributed by atoms with Crippen LogP contribution in [0.5, 0.6) is 5.75 Å². The lowest BCUT2D eigenvalue weighted by Gasteiger charge is -2.21. The van der Waals surface area contributed by atoms with Crippen LogP contribution in [0, 0.1) is 0 Å². The number of hydrogen-bond acceptors (Lipinski definition) is 3. The SMILES string of the molecule is CC(C)(C)Oc1cc(Br)nn2ccnc12. The molecule has 0 atom stereocenters. The van der Waals surface area contributed by atoms with Crippen LogP contribution in [0.25, 0.3) is 5.65 Å². The zero-order valence-corrected chi connectivity index (χ0v) is 10.4. The number of imidazole rings is 1. The molecule has 0 bridgehead atoms. The summed E-state index contributed by atoms with van der Waals surface area (Å²) in [6.45, 7) is 6.00. The van der Waals surface area contributed by atoms with Crippen molar-refractivity contribution in [2.24, 2.45) is 0 Å². The fourth-order valence-electron chi connectivity index (χ4n) is 1.26. The summed E-state index contributed by atoms with van der Waals surface area (Å²) in [5.74, 6) is 0.731. The van der Waals surface area contributed by atoms with Gasteiger partial charge in [-0.05, 0) is 36.7 Å². The molecule has 15 heavy (non-hydrogen) atoms. The van der Waals surface area contributed by atoms with Crippen molar-refractivity contribution in [1.82, 2.24) is 14.6 Å². The van der Waals surface area contributed by atoms with Crippen LogP contribution in [0.1, 0.15) is 20.8 Å². The first-order chi connectivity index (χ1) is 6.96. The highest BCUT2D eigenvalue weighted by Gasteiger charge is 2.15. The molecule has 2 aromatic heterocycles. The van der Waals surface area contributed by atoms with Gasteiger partial charge >= 0.3 is 0 Å². The van der Waals surface area contributed by atoms with Crippen molar-refractivity contribution in [3.05, 3.63) is 23.1 Å². The van der Waals surface area contributed by atoms with Gasteiger partial charge in [0.1, 0.15) is 10.2 Å². The minimum absolute atomic E-state index is 0.243. The Bertz CT molecular complexity index is 487. The zero-order chi connectivity index (χ0) is 11.1. The van der Waals surface area contributed by atoms with E-state index in [1.165, 1.54) is 0 Å². The summed E-state index contributed by atoms with van der Waals surface area (Å²) < 4.78 is 8.22. The summed E-state index contributed by atoms with van der Waals surface area (Å²) in [6, 6.07) is 1.83. The first kappa shape index (κ1) is 10.4. The fourth-order valence-corrected chi connectivity index (χ4v) is 1.64. The number of halogens is 1. The maximum Gasteiger partial charge on any atom is 0.196 e. The number of aromatic nitrogens is 3. The molecule has 0 spiro atoms. The molecule has 0 aromatic carbocycles. The molecule has 0 aliphatic heterocycles. The number of rotatable bonds is 1. The van der Waals surface area contributed by atoms with Crippen LogP contribution in [0.4, 0.5) is 0 Å². The number of nitrogens with zero attached hydrogens (tertiary/aromatic N) is 3. The van der Waals surface area contributed by atoms with E-state index >= 15 is 0 Å². The molecular weight excluding hydrogens is 258 g/mol. The van der Waals surface area contributed by atoms with Crippen LogP contribution in [0.3, 0.4) is 0 Å². The van der Waals surface area contributed by atoms with Crippen molar-refractivity contribution in [3.8, 4) is 5.75 Å². The van der Waals surface area contributed by atoms with Gasteiger partial charge in [-0.25, -0.2) is 9.50 Å². The molecule has 5 heteroatoms. The number of fused-ring (bicyclic) bond motifs is 1. The molecule has 0 saturated carbocycles. The van der Waals surface area contributed by atoms with Gasteiger partial charge in [-0.15, -0.1) is 0 Å². The van der Waals surface area contributed by atoms with Gasteiger partial charge in [0.25, 0.3) is 0 Å². The Morgan fingerprint density at radius 3 is 2.80 bits per heavy atom. The van der Waals surface area contributed by atoms with E-state index in [-0.39, 0.29) is 5.60 Å². The molecule has 0 unspecified atom stereocenters. The molecule has 2 heterocycles. The Hall–Kier alpha value is -1.10. The van der Waals surface area contributed by atoms with E-state index in [1.807, 2.05) is 26.8 Å². The molecular formula is C10H12BrN3O. The Balaban J connectivity index is 2.53. The van der Waals surface area contributed by atoms with Crippen LogP contribution >= 0.6 is 15.9 Å². The van der Waals surface area contributed by atoms with Crippen molar-refractivity contribution >= 4 is 21.6 Å². The van der Waals surface area contributed by atoms with E-state index in [2.05, 4.69) is 26.0 Å². The Labute approximate surface area is 96.4 Å². The summed E-state index contributed by atoms with van der Waals surface area (Å²) in [4.78, 5) is 4.20. The second kappa shape index (κ2) is 3.48. The van der Waals surface area contributed by atoms with Gasteiger partial charge < -0.3 is 4.74 Å². The normalized spacial score (nSPS) is 12.0. The summed E-state index contributed by atoms with van der Waals surface area (Å²) in [5, 5.41) is 4.22. The van der Waals surface area contributed by atoms with E-state index in [1.54, 1.807) is 16.9 Å². The Morgan fingerprint density at radius 2 is 2.13 bits per heavy atom.